The number of benzene rings is 3. The number of aromatic nitrogens is 4. The number of nitrogens with zero attached hydrogens (tertiary/aromatic N) is 3. The van der Waals surface area contributed by atoms with Crippen LogP contribution in [0.3, 0.4) is 0 Å². The Labute approximate surface area is 195 Å². The molecule has 5 aromatic rings. The molecule has 0 spiro atoms. The molecule has 8 heteroatoms. The lowest BCUT2D eigenvalue weighted by atomic mass is 10.0. The molecule has 0 aliphatic rings. The fraction of sp³-hybridized carbons (Fsp3) is 0.115. The Hall–Kier alpha value is -4.59. The van der Waals surface area contributed by atoms with Gasteiger partial charge in [-0.1, -0.05) is 24.3 Å². The number of aryl methyl sites for hydroxylation is 2. The van der Waals surface area contributed by atoms with E-state index in [1.54, 1.807) is 18.3 Å². The van der Waals surface area contributed by atoms with Crippen LogP contribution in [0.15, 0.2) is 66.9 Å². The van der Waals surface area contributed by atoms with Gasteiger partial charge in [-0.2, -0.15) is 10.2 Å². The minimum absolute atomic E-state index is 0.103. The Morgan fingerprint density at radius 1 is 1.09 bits per heavy atom. The average Bonchev–Trinajstić information content (AvgIpc) is 3.43. The van der Waals surface area contributed by atoms with Crippen molar-refractivity contribution in [3.8, 4) is 22.6 Å². The molecule has 0 fully saturated rings. The van der Waals surface area contributed by atoms with Crippen LogP contribution in [0.2, 0.25) is 0 Å². The molecular formula is C26H23N5O3. The topological polar surface area (TPSA) is 105 Å². The van der Waals surface area contributed by atoms with Crippen LogP contribution in [0.5, 0.6) is 5.75 Å². The minimum Gasteiger partial charge on any atom is -0.497 e. The summed E-state index contributed by atoms with van der Waals surface area (Å²) in [6, 6.07) is 18.9. The number of rotatable bonds is 6. The van der Waals surface area contributed by atoms with Crippen molar-refractivity contribution in [2.75, 3.05) is 12.4 Å². The van der Waals surface area contributed by atoms with E-state index in [9.17, 15) is 9.90 Å². The highest BCUT2D eigenvalue weighted by Crippen LogP contribution is 2.38. The van der Waals surface area contributed by atoms with Crippen LogP contribution in [-0.2, 0) is 0 Å². The second kappa shape index (κ2) is 8.40. The first-order valence-electron chi connectivity index (χ1n) is 10.7. The number of methoxy groups -OCH3 is 1. The number of para-hydroxylation sites is 1. The maximum absolute atomic E-state index is 12.0. The molecule has 0 aliphatic heterocycles. The van der Waals surface area contributed by atoms with Crippen LogP contribution in [0.1, 0.15) is 21.6 Å². The summed E-state index contributed by atoms with van der Waals surface area (Å²) in [5.41, 5.74) is 6.04. The number of anilines is 2. The van der Waals surface area contributed by atoms with Crippen molar-refractivity contribution in [1.82, 2.24) is 20.0 Å². The van der Waals surface area contributed by atoms with Crippen molar-refractivity contribution in [2.24, 2.45) is 0 Å². The molecule has 0 bridgehead atoms. The number of hydrogen-bond donors (Lipinski definition) is 3. The summed E-state index contributed by atoms with van der Waals surface area (Å²) < 4.78 is 7.06. The molecule has 0 saturated carbocycles. The predicted octanol–water partition coefficient (Wildman–Crippen LogP) is 5.48. The maximum atomic E-state index is 12.0. The number of fused-ring (bicyclic) bond motifs is 1. The molecule has 0 aliphatic carbocycles. The summed E-state index contributed by atoms with van der Waals surface area (Å²) in [4.78, 5) is 12.0. The highest BCUT2D eigenvalue weighted by molar-refractivity contribution is 5.97. The van der Waals surface area contributed by atoms with E-state index >= 15 is 0 Å². The zero-order valence-electron chi connectivity index (χ0n) is 19.0. The van der Waals surface area contributed by atoms with E-state index in [1.807, 2.05) is 61.0 Å². The van der Waals surface area contributed by atoms with Gasteiger partial charge in [0.25, 0.3) is 0 Å². The van der Waals surface area contributed by atoms with Gasteiger partial charge in [-0.05, 0) is 61.4 Å². The highest BCUT2D eigenvalue weighted by Gasteiger charge is 2.22. The Kier molecular flexibility index (Phi) is 5.25. The van der Waals surface area contributed by atoms with Crippen LogP contribution < -0.4 is 10.1 Å². The van der Waals surface area contributed by atoms with Crippen molar-refractivity contribution >= 4 is 28.4 Å². The first-order valence-corrected chi connectivity index (χ1v) is 10.7. The lowest BCUT2D eigenvalue weighted by molar-refractivity contribution is 0.0697. The summed E-state index contributed by atoms with van der Waals surface area (Å²) in [7, 11) is 1.51. The van der Waals surface area contributed by atoms with E-state index in [-0.39, 0.29) is 5.56 Å². The van der Waals surface area contributed by atoms with E-state index in [1.165, 1.54) is 13.2 Å². The molecule has 2 aromatic heterocycles. The third-order valence-corrected chi connectivity index (χ3v) is 5.84. The molecule has 5 rings (SSSR count). The van der Waals surface area contributed by atoms with Gasteiger partial charge < -0.3 is 15.2 Å². The Morgan fingerprint density at radius 2 is 1.91 bits per heavy atom. The second-order valence-electron chi connectivity index (χ2n) is 8.02. The number of H-pyrrole nitrogens is 1. The lowest BCUT2D eigenvalue weighted by Crippen LogP contribution is -2.08. The number of carboxylic acids is 1. The van der Waals surface area contributed by atoms with Gasteiger partial charge in [-0.15, -0.1) is 0 Å². The highest BCUT2D eigenvalue weighted by atomic mass is 16.5. The monoisotopic (exact) mass is 453 g/mol. The van der Waals surface area contributed by atoms with Crippen LogP contribution in [-0.4, -0.2) is 38.2 Å². The fourth-order valence-corrected chi connectivity index (χ4v) is 4.13. The van der Waals surface area contributed by atoms with Gasteiger partial charge in [0.15, 0.2) is 0 Å². The number of nitrogens with one attached hydrogen (secondary N) is 2. The molecule has 0 unspecified atom stereocenters. The van der Waals surface area contributed by atoms with Gasteiger partial charge in [0.05, 0.1) is 41.5 Å². The van der Waals surface area contributed by atoms with E-state index < -0.39 is 5.97 Å². The lowest BCUT2D eigenvalue weighted by Gasteiger charge is -2.16. The number of carbonyl (C=O) groups is 1. The van der Waals surface area contributed by atoms with E-state index in [0.29, 0.717) is 17.3 Å². The zero-order valence-corrected chi connectivity index (χ0v) is 19.0. The average molecular weight is 454 g/mol. The Bertz CT molecular complexity index is 1530. The standard InChI is InChI=1S/C26H23N5O3/c1-15-6-4-5-7-23(15)31-25(28-22-11-9-19(34-3)13-20(22)26(32)33)24(16(2)30-31)17-8-10-21-18(12-17)14-27-29-21/h4-14,28H,1-3H3,(H,27,29)(H,32,33). The van der Waals surface area contributed by atoms with Gasteiger partial charge in [-0.25, -0.2) is 9.48 Å². The van der Waals surface area contributed by atoms with Crippen molar-refractivity contribution in [3.05, 3.63) is 83.7 Å². The Morgan fingerprint density at radius 3 is 2.68 bits per heavy atom. The SMILES string of the molecule is COc1ccc(Nc2c(-c3ccc4[nH]ncc4c3)c(C)nn2-c2ccccc2C)c(C(=O)O)c1. The summed E-state index contributed by atoms with van der Waals surface area (Å²) >= 11 is 0. The van der Waals surface area contributed by atoms with Gasteiger partial charge in [0.2, 0.25) is 0 Å². The van der Waals surface area contributed by atoms with Crippen LogP contribution >= 0.6 is 0 Å². The molecular weight excluding hydrogens is 430 g/mol. The van der Waals surface area contributed by atoms with Crippen molar-refractivity contribution in [1.29, 1.82) is 0 Å². The largest absolute Gasteiger partial charge is 0.497 e. The number of carboxylic acid groups (broad SMARTS) is 1. The molecule has 170 valence electrons. The van der Waals surface area contributed by atoms with E-state index in [0.717, 1.165) is 39.0 Å². The Balaban J connectivity index is 1.74. The third kappa shape index (κ3) is 3.65. The van der Waals surface area contributed by atoms with Gasteiger partial charge >= 0.3 is 5.97 Å². The summed E-state index contributed by atoms with van der Waals surface area (Å²) in [6.45, 7) is 3.96. The third-order valence-electron chi connectivity index (χ3n) is 5.84. The number of ether oxygens (including phenoxy) is 1. The van der Waals surface area contributed by atoms with Gasteiger partial charge in [-0.3, -0.25) is 5.10 Å². The van der Waals surface area contributed by atoms with Gasteiger partial charge in [0, 0.05) is 10.9 Å². The minimum atomic E-state index is -1.05. The molecule has 2 heterocycles. The first kappa shape index (κ1) is 21.3. The van der Waals surface area contributed by atoms with Crippen molar-refractivity contribution in [2.45, 2.75) is 13.8 Å². The fourth-order valence-electron chi connectivity index (χ4n) is 4.13. The number of aromatic carboxylic acids is 1. The number of hydrogen-bond acceptors (Lipinski definition) is 5. The van der Waals surface area contributed by atoms with Gasteiger partial charge in [0.1, 0.15) is 11.6 Å². The molecule has 0 radical (unpaired) electrons. The second-order valence-corrected chi connectivity index (χ2v) is 8.02. The van der Waals surface area contributed by atoms with Crippen LogP contribution in [0.4, 0.5) is 11.5 Å². The normalized spacial score (nSPS) is 11.0. The molecule has 8 nitrogen and oxygen atoms in total. The predicted molar refractivity (Wildman–Crippen MR) is 131 cm³/mol. The smallest absolute Gasteiger partial charge is 0.337 e. The summed E-state index contributed by atoms with van der Waals surface area (Å²) in [6.07, 6.45) is 1.78. The van der Waals surface area contributed by atoms with E-state index in [2.05, 4.69) is 15.5 Å². The van der Waals surface area contributed by atoms with Crippen molar-refractivity contribution in [3.63, 3.8) is 0 Å². The first-order chi connectivity index (χ1) is 16.5. The van der Waals surface area contributed by atoms with Crippen LogP contribution in [0.25, 0.3) is 27.7 Å². The molecule has 0 amide bonds. The van der Waals surface area contributed by atoms with Crippen LogP contribution in [0, 0.1) is 13.8 Å². The van der Waals surface area contributed by atoms with E-state index in [4.69, 9.17) is 9.84 Å². The molecule has 3 N–H and O–H groups in total. The maximum Gasteiger partial charge on any atom is 0.337 e. The zero-order chi connectivity index (χ0) is 23.8. The summed E-state index contributed by atoms with van der Waals surface area (Å²) in [5.74, 6) is 0.0842. The number of aromatic amines is 1. The quantitative estimate of drug-likeness (QED) is 0.314. The molecule has 34 heavy (non-hydrogen) atoms. The van der Waals surface area contributed by atoms with Crippen molar-refractivity contribution < 1.29 is 14.6 Å². The summed E-state index contributed by atoms with van der Waals surface area (Å²) in [5, 5.41) is 26.1. The molecule has 3 aromatic carbocycles. The molecule has 0 saturated heterocycles. The molecule has 0 atom stereocenters.